The maximum atomic E-state index is 13.2. The molecule has 0 radical (unpaired) electrons. The third-order valence-electron chi connectivity index (χ3n) is 15.9. The van der Waals surface area contributed by atoms with Gasteiger partial charge in [-0.2, -0.15) is 0 Å². The number of aliphatic hydroxyl groups excluding tert-OH is 7. The molecule has 1 amide bonds. The Kier molecular flexibility index (Phi) is 52.3. The minimum absolute atomic E-state index is 0.254. The monoisotopic (exact) mass is 1090 g/mol. The summed E-state index contributed by atoms with van der Waals surface area (Å²) in [6.07, 6.45) is 57.9. The van der Waals surface area contributed by atoms with Gasteiger partial charge in [0.2, 0.25) is 5.91 Å². The third-order valence-corrected chi connectivity index (χ3v) is 15.9. The molecule has 0 aliphatic carbocycles. The number of nitrogens with one attached hydrogen (secondary N) is 1. The standard InChI is InChI=1S/C66H125NO10/c1-3-5-7-9-11-13-15-17-19-21-23-25-26-27-28-29-30-31-32-33-34-36-38-40-42-44-46-48-50-52-54-59(70)65(75)67-57(56-76-66-64(74)63(73)62(72)60(55-68)77-66)61(71)58(69)53-51-49-47-45-43-41-39-37-35-24-22-20-18-16-14-12-10-8-6-4-2/h23,25,27-28,45,47,57-64,66,68-74H,3-22,24,26,29-44,46,48-56H2,1-2H3,(H,67,75)/b25-23-,28-27-,47-45+. The minimum Gasteiger partial charge on any atom is -0.394 e. The van der Waals surface area contributed by atoms with E-state index >= 15 is 0 Å². The molecule has 454 valence electrons. The van der Waals surface area contributed by atoms with Crippen LogP contribution < -0.4 is 5.32 Å². The smallest absolute Gasteiger partial charge is 0.249 e. The van der Waals surface area contributed by atoms with E-state index in [2.05, 4.69) is 55.6 Å². The van der Waals surface area contributed by atoms with Crippen molar-refractivity contribution in [3.63, 3.8) is 0 Å². The molecular formula is C66H125NO10. The van der Waals surface area contributed by atoms with E-state index in [1.54, 1.807) is 0 Å². The maximum absolute atomic E-state index is 13.2. The van der Waals surface area contributed by atoms with Gasteiger partial charge in [0.15, 0.2) is 6.29 Å². The third kappa shape index (κ3) is 42.8. The Labute approximate surface area is 473 Å². The van der Waals surface area contributed by atoms with Crippen molar-refractivity contribution in [2.75, 3.05) is 13.2 Å². The van der Waals surface area contributed by atoms with E-state index in [9.17, 15) is 40.5 Å². The molecule has 0 aromatic rings. The van der Waals surface area contributed by atoms with E-state index in [4.69, 9.17) is 9.47 Å². The van der Waals surface area contributed by atoms with Gasteiger partial charge in [0.1, 0.15) is 36.6 Å². The van der Waals surface area contributed by atoms with E-state index in [1.165, 1.54) is 225 Å². The van der Waals surface area contributed by atoms with Gasteiger partial charge in [-0.15, -0.1) is 0 Å². The molecule has 11 nitrogen and oxygen atoms in total. The molecule has 1 fully saturated rings. The Morgan fingerprint density at radius 1 is 0.455 bits per heavy atom. The summed E-state index contributed by atoms with van der Waals surface area (Å²) < 4.78 is 11.2. The van der Waals surface area contributed by atoms with Crippen LogP contribution >= 0.6 is 0 Å². The first-order chi connectivity index (χ1) is 37.7. The number of hydrogen-bond donors (Lipinski definition) is 8. The molecule has 1 saturated heterocycles. The summed E-state index contributed by atoms with van der Waals surface area (Å²) in [6, 6.07) is -1.19. The molecule has 1 aliphatic rings. The summed E-state index contributed by atoms with van der Waals surface area (Å²) in [7, 11) is 0. The van der Waals surface area contributed by atoms with Gasteiger partial charge in [-0.1, -0.05) is 275 Å². The number of ether oxygens (including phenoxy) is 2. The molecule has 0 saturated carbocycles. The van der Waals surface area contributed by atoms with Crippen LogP contribution in [-0.2, 0) is 14.3 Å². The van der Waals surface area contributed by atoms with Crippen molar-refractivity contribution in [1.29, 1.82) is 0 Å². The summed E-state index contributed by atoms with van der Waals surface area (Å²) >= 11 is 0. The van der Waals surface area contributed by atoms with Crippen molar-refractivity contribution in [2.45, 2.75) is 364 Å². The van der Waals surface area contributed by atoms with E-state index in [0.29, 0.717) is 12.8 Å². The Bertz CT molecular complexity index is 1350. The number of allylic oxidation sites excluding steroid dienone is 6. The van der Waals surface area contributed by atoms with Crippen molar-refractivity contribution < 1.29 is 50.0 Å². The highest BCUT2D eigenvalue weighted by Gasteiger charge is 2.44. The van der Waals surface area contributed by atoms with Gasteiger partial charge in [-0.05, 0) is 70.6 Å². The Morgan fingerprint density at radius 2 is 0.805 bits per heavy atom. The predicted octanol–water partition coefficient (Wildman–Crippen LogP) is 15.0. The van der Waals surface area contributed by atoms with Crippen LogP contribution in [0, 0.1) is 0 Å². The predicted molar refractivity (Wildman–Crippen MR) is 321 cm³/mol. The molecule has 9 unspecified atom stereocenters. The first-order valence-corrected chi connectivity index (χ1v) is 32.9. The lowest BCUT2D eigenvalue weighted by atomic mass is 9.98. The summed E-state index contributed by atoms with van der Waals surface area (Å²) in [6.45, 7) is 3.48. The lowest BCUT2D eigenvalue weighted by molar-refractivity contribution is -0.303. The molecule has 0 spiro atoms. The fraction of sp³-hybridized carbons (Fsp3) is 0.894. The SMILES string of the molecule is CCCCCCCCCCC/C=C\C/C=C\CCCCCCCCCCCCCCCCC(O)C(=O)NC(COC1OC(CO)C(O)C(O)C1O)C(O)C(O)CCC/C=C/CCCCCCCCCCCCCCCCC. The van der Waals surface area contributed by atoms with Crippen LogP contribution in [0.1, 0.15) is 309 Å². The first-order valence-electron chi connectivity index (χ1n) is 32.9. The summed E-state index contributed by atoms with van der Waals surface area (Å²) in [5, 5.41) is 76.3. The largest absolute Gasteiger partial charge is 0.394 e. The van der Waals surface area contributed by atoms with E-state index in [-0.39, 0.29) is 12.8 Å². The van der Waals surface area contributed by atoms with Gasteiger partial charge in [0.05, 0.1) is 25.4 Å². The van der Waals surface area contributed by atoms with Crippen LogP contribution in [-0.4, -0.2) is 110 Å². The summed E-state index contributed by atoms with van der Waals surface area (Å²) in [5.74, 6) is -0.703. The molecule has 11 heteroatoms. The van der Waals surface area contributed by atoms with Gasteiger partial charge in [-0.3, -0.25) is 4.79 Å². The molecule has 1 rings (SSSR count). The Morgan fingerprint density at radius 3 is 1.19 bits per heavy atom. The van der Waals surface area contributed by atoms with Gasteiger partial charge in [-0.25, -0.2) is 0 Å². The molecular weight excluding hydrogens is 967 g/mol. The Balaban J connectivity index is 2.24. The molecule has 0 bridgehead atoms. The summed E-state index contributed by atoms with van der Waals surface area (Å²) in [4.78, 5) is 13.2. The highest BCUT2D eigenvalue weighted by Crippen LogP contribution is 2.24. The Hall–Kier alpha value is -1.67. The van der Waals surface area contributed by atoms with Crippen LogP contribution in [0.15, 0.2) is 36.5 Å². The first kappa shape index (κ1) is 73.3. The number of rotatable bonds is 57. The summed E-state index contributed by atoms with van der Waals surface area (Å²) in [5.41, 5.74) is 0. The zero-order valence-electron chi connectivity index (χ0n) is 50.0. The average molecular weight is 1090 g/mol. The number of aliphatic hydroxyl groups is 7. The number of hydrogen-bond acceptors (Lipinski definition) is 10. The molecule has 1 aliphatic heterocycles. The highest BCUT2D eigenvalue weighted by atomic mass is 16.7. The van der Waals surface area contributed by atoms with E-state index < -0.39 is 74.2 Å². The van der Waals surface area contributed by atoms with Gasteiger partial charge in [0.25, 0.3) is 0 Å². The zero-order chi connectivity index (χ0) is 56.1. The topological polar surface area (TPSA) is 189 Å². The zero-order valence-corrected chi connectivity index (χ0v) is 50.0. The van der Waals surface area contributed by atoms with Crippen LogP contribution in [0.3, 0.4) is 0 Å². The fourth-order valence-electron chi connectivity index (χ4n) is 10.6. The molecule has 0 aromatic carbocycles. The second-order valence-electron chi connectivity index (χ2n) is 23.2. The molecule has 1 heterocycles. The van der Waals surface area contributed by atoms with Crippen molar-refractivity contribution >= 4 is 5.91 Å². The fourth-order valence-corrected chi connectivity index (χ4v) is 10.6. The molecule has 8 N–H and O–H groups in total. The quantitative estimate of drug-likeness (QED) is 0.0215. The van der Waals surface area contributed by atoms with Crippen LogP contribution in [0.5, 0.6) is 0 Å². The number of carbonyl (C=O) groups is 1. The van der Waals surface area contributed by atoms with Crippen LogP contribution in [0.2, 0.25) is 0 Å². The van der Waals surface area contributed by atoms with Crippen molar-refractivity contribution in [1.82, 2.24) is 5.32 Å². The second kappa shape index (κ2) is 54.9. The molecule has 77 heavy (non-hydrogen) atoms. The average Bonchev–Trinajstić information content (AvgIpc) is 3.43. The van der Waals surface area contributed by atoms with Gasteiger partial charge in [0, 0.05) is 0 Å². The van der Waals surface area contributed by atoms with Crippen molar-refractivity contribution in [3.05, 3.63) is 36.5 Å². The van der Waals surface area contributed by atoms with Crippen molar-refractivity contribution in [3.8, 4) is 0 Å². The van der Waals surface area contributed by atoms with Gasteiger partial charge < -0.3 is 50.5 Å². The lowest BCUT2D eigenvalue weighted by Gasteiger charge is -2.40. The number of carbonyl (C=O) groups excluding carboxylic acids is 1. The van der Waals surface area contributed by atoms with Gasteiger partial charge >= 0.3 is 0 Å². The maximum Gasteiger partial charge on any atom is 0.249 e. The molecule has 9 atom stereocenters. The van der Waals surface area contributed by atoms with Crippen LogP contribution in [0.4, 0.5) is 0 Å². The van der Waals surface area contributed by atoms with Crippen LogP contribution in [0.25, 0.3) is 0 Å². The lowest BCUT2D eigenvalue weighted by Crippen LogP contribution is -2.60. The normalized spacial score (nSPS) is 19.7. The number of unbranched alkanes of at least 4 members (excludes halogenated alkanes) is 39. The number of amides is 1. The highest BCUT2D eigenvalue weighted by molar-refractivity contribution is 5.80. The second-order valence-corrected chi connectivity index (χ2v) is 23.2. The van der Waals surface area contributed by atoms with Crippen molar-refractivity contribution in [2.24, 2.45) is 0 Å². The molecule has 0 aromatic heterocycles. The van der Waals surface area contributed by atoms with E-state index in [1.807, 2.05) is 0 Å². The van der Waals surface area contributed by atoms with E-state index in [0.717, 1.165) is 44.9 Å². The minimum atomic E-state index is -1.67.